The van der Waals surface area contributed by atoms with Gasteiger partial charge in [-0.25, -0.2) is 0 Å². The molecular weight excluding hydrogens is 228 g/mol. The van der Waals surface area contributed by atoms with Crippen LogP contribution in [0.25, 0.3) is 0 Å². The number of hydrogen-bond donors (Lipinski definition) is 0. The summed E-state index contributed by atoms with van der Waals surface area (Å²) in [7, 11) is -2.28. The van der Waals surface area contributed by atoms with Gasteiger partial charge in [-0.15, -0.1) is 5.46 Å². The molecule has 0 aromatic heterocycles. The third-order valence-corrected chi connectivity index (χ3v) is 1.43. The van der Waals surface area contributed by atoms with Gasteiger partial charge in [-0.2, -0.15) is 0 Å². The number of carboxylic acids is 1. The molecule has 0 unspecified atom stereocenters. The summed E-state index contributed by atoms with van der Waals surface area (Å²) in [5, 5.41) is 31.2. The van der Waals surface area contributed by atoms with Gasteiger partial charge in [-0.05, 0) is 5.56 Å². The fraction of sp³-hybridized carbons (Fsp3) is 0. The predicted octanol–water partition coefficient (Wildman–Crippen LogP) is -12.5. The maximum absolute atomic E-state index is 10.4. The first-order chi connectivity index (χ1) is 5.63. The van der Waals surface area contributed by atoms with Crippen LogP contribution in [0.15, 0.2) is 24.3 Å². The second-order valence-electron chi connectivity index (χ2n) is 2.21. The summed E-state index contributed by atoms with van der Waals surface area (Å²) in [4.78, 5) is 10.3. The van der Waals surface area contributed by atoms with E-state index in [1.54, 1.807) is 0 Å². The van der Waals surface area contributed by atoms with Crippen molar-refractivity contribution < 1.29 is 109 Å². The van der Waals surface area contributed by atoms with Gasteiger partial charge in [-0.3, -0.25) is 0 Å². The average Bonchev–Trinajstić information content (AvgIpc) is 2.04. The van der Waals surface area contributed by atoms with E-state index in [0.29, 0.717) is 0 Å². The Morgan fingerprint density at radius 2 is 1.53 bits per heavy atom. The molecule has 0 aliphatic heterocycles. The fourth-order valence-corrected chi connectivity index (χ4v) is 0.888. The first-order valence-electron chi connectivity index (χ1n) is 3.25. The van der Waals surface area contributed by atoms with E-state index in [0.717, 1.165) is 0 Å². The standard InChI is InChI=1S/C7H5BO4.3Na/c9-7(10)5-3-1-2-4-6(5)8(11)12;;;/h1-4H,(H,9,10);;;/q-2;3*+1/p-1. The van der Waals surface area contributed by atoms with Crippen LogP contribution in [0.4, 0.5) is 0 Å². The fourth-order valence-electron chi connectivity index (χ4n) is 0.888. The van der Waals surface area contributed by atoms with E-state index in [1.165, 1.54) is 24.3 Å². The van der Waals surface area contributed by atoms with Gasteiger partial charge in [0.05, 0.1) is 5.97 Å². The molecule has 8 heteroatoms. The summed E-state index contributed by atoms with van der Waals surface area (Å²) in [6.07, 6.45) is 0. The molecule has 0 aliphatic carbocycles. The Kier molecular flexibility index (Phi) is 15.8. The van der Waals surface area contributed by atoms with E-state index in [4.69, 9.17) is 0 Å². The quantitative estimate of drug-likeness (QED) is 0.473. The molecule has 0 spiro atoms. The SMILES string of the molecule is O=C([O-])c1ccccc1B([O-])[O-].[Na+].[Na+].[Na+]. The van der Waals surface area contributed by atoms with Crippen molar-refractivity contribution >= 4 is 18.6 Å². The summed E-state index contributed by atoms with van der Waals surface area (Å²) in [5.74, 6) is -1.50. The van der Waals surface area contributed by atoms with Crippen LogP contribution in [-0.4, -0.2) is 13.1 Å². The molecule has 1 aromatic rings. The van der Waals surface area contributed by atoms with Crippen molar-refractivity contribution in [3.63, 3.8) is 0 Å². The monoisotopic (exact) mass is 232 g/mol. The van der Waals surface area contributed by atoms with Crippen molar-refractivity contribution in [2.75, 3.05) is 0 Å². The van der Waals surface area contributed by atoms with Crippen LogP contribution in [0.3, 0.4) is 0 Å². The van der Waals surface area contributed by atoms with Gasteiger partial charge >= 0.3 is 88.7 Å². The maximum Gasteiger partial charge on any atom is 1.00 e. The summed E-state index contributed by atoms with van der Waals surface area (Å²) in [5.41, 5.74) is -0.606. The number of hydrogen-bond acceptors (Lipinski definition) is 4. The minimum atomic E-state index is -2.28. The van der Waals surface area contributed by atoms with Crippen molar-refractivity contribution in [2.24, 2.45) is 0 Å². The molecule has 0 N–H and O–H groups in total. The third kappa shape index (κ3) is 6.86. The predicted molar refractivity (Wildman–Crippen MR) is 36.2 cm³/mol. The molecule has 0 aliphatic rings. The second-order valence-corrected chi connectivity index (χ2v) is 2.21. The average molecular weight is 232 g/mol. The summed E-state index contributed by atoms with van der Waals surface area (Å²) in [6.45, 7) is 0. The zero-order chi connectivity index (χ0) is 9.14. The number of carbonyl (C=O) groups is 1. The Morgan fingerprint density at radius 3 is 1.87 bits per heavy atom. The molecule has 0 amide bonds. The Bertz CT molecular complexity index is 308. The van der Waals surface area contributed by atoms with Crippen molar-refractivity contribution in [1.82, 2.24) is 0 Å². The first kappa shape index (κ1) is 21.9. The minimum Gasteiger partial charge on any atom is -0.889 e. The largest absolute Gasteiger partial charge is 1.00 e. The molecule has 15 heavy (non-hydrogen) atoms. The van der Waals surface area contributed by atoms with Crippen LogP contribution in [0.5, 0.6) is 0 Å². The maximum atomic E-state index is 10.4. The summed E-state index contributed by atoms with van der Waals surface area (Å²) >= 11 is 0. The van der Waals surface area contributed by atoms with Gasteiger partial charge in [0.2, 0.25) is 0 Å². The van der Waals surface area contributed by atoms with Crippen LogP contribution >= 0.6 is 0 Å². The Hall–Kier alpha value is 1.67. The molecule has 0 bridgehead atoms. The smallest absolute Gasteiger partial charge is 0.889 e. The molecule has 0 atom stereocenters. The molecule has 1 aromatic carbocycles. The zero-order valence-electron chi connectivity index (χ0n) is 9.02. The molecule has 0 saturated heterocycles. The van der Waals surface area contributed by atoms with E-state index < -0.39 is 13.1 Å². The number of aromatic carboxylic acids is 1. The summed E-state index contributed by atoms with van der Waals surface area (Å²) < 4.78 is 0. The van der Waals surface area contributed by atoms with Crippen molar-refractivity contribution in [3.05, 3.63) is 29.8 Å². The normalized spacial score (nSPS) is 7.60. The van der Waals surface area contributed by atoms with E-state index >= 15 is 0 Å². The molecule has 62 valence electrons. The topological polar surface area (TPSA) is 86.2 Å². The van der Waals surface area contributed by atoms with Crippen molar-refractivity contribution in [1.29, 1.82) is 0 Å². The van der Waals surface area contributed by atoms with Crippen LogP contribution in [0, 0.1) is 0 Å². The number of benzene rings is 1. The van der Waals surface area contributed by atoms with E-state index in [2.05, 4.69) is 0 Å². The van der Waals surface area contributed by atoms with Gasteiger partial charge < -0.3 is 19.9 Å². The minimum absolute atomic E-state index is 0. The Morgan fingerprint density at radius 1 is 1.07 bits per heavy atom. The Labute approximate surface area is 154 Å². The first-order valence-corrected chi connectivity index (χ1v) is 3.25. The van der Waals surface area contributed by atoms with E-state index in [9.17, 15) is 19.9 Å². The molecule has 4 nitrogen and oxygen atoms in total. The molecule has 0 radical (unpaired) electrons. The molecular formula is C7H4BNa3O4. The summed E-state index contributed by atoms with van der Waals surface area (Å²) in [6, 6.07) is 5.23. The van der Waals surface area contributed by atoms with Crippen molar-refractivity contribution in [3.8, 4) is 0 Å². The van der Waals surface area contributed by atoms with Crippen LogP contribution in [-0.2, 0) is 0 Å². The van der Waals surface area contributed by atoms with E-state index in [-0.39, 0.29) is 99.7 Å². The van der Waals surface area contributed by atoms with Crippen molar-refractivity contribution in [2.45, 2.75) is 0 Å². The zero-order valence-corrected chi connectivity index (χ0v) is 15.0. The van der Waals surface area contributed by atoms with Crippen LogP contribution in [0.2, 0.25) is 0 Å². The molecule has 0 fully saturated rings. The second kappa shape index (κ2) is 10.8. The molecule has 0 heterocycles. The number of carbonyl (C=O) groups excluding carboxylic acids is 1. The van der Waals surface area contributed by atoms with Gasteiger partial charge in [-0.1, -0.05) is 31.4 Å². The number of carboxylic acid groups (broad SMARTS) is 1. The van der Waals surface area contributed by atoms with Gasteiger partial charge in [0, 0.05) is 0 Å². The van der Waals surface area contributed by atoms with Crippen LogP contribution < -0.4 is 109 Å². The molecule has 0 saturated carbocycles. The van der Waals surface area contributed by atoms with Gasteiger partial charge in [0.25, 0.3) is 0 Å². The van der Waals surface area contributed by atoms with Gasteiger partial charge in [0.1, 0.15) is 0 Å². The van der Waals surface area contributed by atoms with Gasteiger partial charge in [0.15, 0.2) is 0 Å². The van der Waals surface area contributed by atoms with Crippen LogP contribution in [0.1, 0.15) is 10.4 Å². The molecule has 1 rings (SSSR count). The number of rotatable bonds is 2. The Balaban J connectivity index is -0.000000480. The third-order valence-electron chi connectivity index (χ3n) is 1.43. The van der Waals surface area contributed by atoms with E-state index in [1.807, 2.05) is 0 Å².